The summed E-state index contributed by atoms with van der Waals surface area (Å²) in [6, 6.07) is 0. The average molecular weight is 222 g/mol. The third kappa shape index (κ3) is 4.90. The first-order valence-corrected chi connectivity index (χ1v) is 5.93. The molecule has 0 aliphatic carbocycles. The fourth-order valence-electron chi connectivity index (χ4n) is 0.233. The van der Waals surface area contributed by atoms with E-state index >= 15 is 0 Å². The Hall–Kier alpha value is 0.130. The zero-order valence-electron chi connectivity index (χ0n) is 7.83. The lowest BCUT2D eigenvalue weighted by Crippen LogP contribution is -2.15. The molecule has 0 aromatic carbocycles. The van der Waals surface area contributed by atoms with Crippen LogP contribution >= 0.6 is 33.8 Å². The number of hydrogen-bond donors (Lipinski definition) is 0. The van der Waals surface area contributed by atoms with Gasteiger partial charge in [-0.15, -0.1) is 0 Å². The highest BCUT2D eigenvalue weighted by Gasteiger charge is 2.03. The van der Waals surface area contributed by atoms with Gasteiger partial charge in [-0.1, -0.05) is 18.8 Å². The van der Waals surface area contributed by atoms with Crippen molar-refractivity contribution < 1.29 is 0 Å². The van der Waals surface area contributed by atoms with Crippen LogP contribution in [-0.2, 0) is 0 Å². The Labute approximate surface area is 87.8 Å². The molecule has 0 aliphatic heterocycles. The minimum Gasteiger partial charge on any atom is -0.372 e. The Balaban J connectivity index is 3.69. The maximum absolute atomic E-state index is 5.09. The van der Waals surface area contributed by atoms with Crippen LogP contribution in [0.4, 0.5) is 0 Å². The van der Waals surface area contributed by atoms with Crippen LogP contribution in [0.2, 0.25) is 0 Å². The molecule has 0 radical (unpaired) electrons. The Bertz CT molecular complexity index is 157. The van der Waals surface area contributed by atoms with Gasteiger partial charge in [-0.2, -0.15) is 0 Å². The van der Waals surface area contributed by atoms with Crippen molar-refractivity contribution in [2.24, 2.45) is 0 Å². The summed E-state index contributed by atoms with van der Waals surface area (Å²) >= 11 is 5.09. The first-order chi connectivity index (χ1) is 5.45. The summed E-state index contributed by atoms with van der Waals surface area (Å²) in [6.07, 6.45) is 0. The largest absolute Gasteiger partial charge is 0.372 e. The van der Waals surface area contributed by atoms with Crippen molar-refractivity contribution in [1.82, 2.24) is 9.80 Å². The molecule has 0 aromatic rings. The molecule has 0 saturated heterocycles. The molecule has 5 heteroatoms. The monoisotopic (exact) mass is 222 g/mol. The van der Waals surface area contributed by atoms with E-state index < -0.39 is 0 Å². The van der Waals surface area contributed by atoms with E-state index in [1.807, 2.05) is 38.0 Å². The van der Waals surface area contributed by atoms with Gasteiger partial charge >= 0.3 is 0 Å². The lowest BCUT2D eigenvalue weighted by atomic mass is 10.8. The highest BCUT2D eigenvalue weighted by Crippen LogP contribution is 2.31. The molecule has 0 saturated carbocycles. The maximum Gasteiger partial charge on any atom is 0.146 e. The summed E-state index contributed by atoms with van der Waals surface area (Å²) in [5, 5.41) is 1.00. The van der Waals surface area contributed by atoms with Crippen LogP contribution in [0.15, 0.2) is 11.6 Å². The molecule has 0 amide bonds. The van der Waals surface area contributed by atoms with Crippen LogP contribution in [0, 0.1) is 0 Å². The molecule has 0 heterocycles. The molecule has 2 nitrogen and oxygen atoms in total. The van der Waals surface area contributed by atoms with Gasteiger partial charge in [-0.25, -0.2) is 0 Å². The topological polar surface area (TPSA) is 6.48 Å². The summed E-state index contributed by atoms with van der Waals surface area (Å²) in [5.41, 5.74) is 0. The highest BCUT2D eigenvalue weighted by molar-refractivity contribution is 8.84. The van der Waals surface area contributed by atoms with Crippen molar-refractivity contribution in [3.63, 3.8) is 0 Å². The van der Waals surface area contributed by atoms with E-state index in [2.05, 4.69) is 6.58 Å². The molecule has 0 aliphatic rings. The standard InChI is InChI=1S/C7H14N2S3/c1-6(8(2)3)11-12-7(10)9(4)5/h1H2,2-5H3. The molecular weight excluding hydrogens is 208 g/mol. The van der Waals surface area contributed by atoms with Crippen LogP contribution in [0.5, 0.6) is 0 Å². The van der Waals surface area contributed by atoms with Gasteiger partial charge in [0, 0.05) is 28.2 Å². The predicted molar refractivity (Wildman–Crippen MR) is 64.3 cm³/mol. The molecule has 0 N–H and O–H groups in total. The summed E-state index contributed by atoms with van der Waals surface area (Å²) in [6.45, 7) is 3.88. The van der Waals surface area contributed by atoms with Gasteiger partial charge < -0.3 is 9.80 Å². The van der Waals surface area contributed by atoms with E-state index in [4.69, 9.17) is 12.2 Å². The molecule has 0 spiro atoms. The van der Waals surface area contributed by atoms with E-state index in [1.165, 1.54) is 0 Å². The van der Waals surface area contributed by atoms with Gasteiger partial charge in [0.1, 0.15) is 4.32 Å². The van der Waals surface area contributed by atoms with E-state index in [-0.39, 0.29) is 0 Å². The number of nitrogens with zero attached hydrogens (tertiary/aromatic N) is 2. The lowest BCUT2D eigenvalue weighted by molar-refractivity contribution is 0.553. The summed E-state index contributed by atoms with van der Waals surface area (Å²) in [5.74, 6) is 0. The molecule has 0 fully saturated rings. The molecule has 70 valence electrons. The Morgan fingerprint density at radius 2 is 1.58 bits per heavy atom. The van der Waals surface area contributed by atoms with Crippen molar-refractivity contribution in [3.8, 4) is 0 Å². The van der Waals surface area contributed by atoms with Crippen LogP contribution in [-0.4, -0.2) is 42.3 Å². The Morgan fingerprint density at radius 3 is 1.92 bits per heavy atom. The van der Waals surface area contributed by atoms with Crippen molar-refractivity contribution >= 4 is 38.1 Å². The van der Waals surface area contributed by atoms with Gasteiger partial charge in [0.2, 0.25) is 0 Å². The molecule has 0 rings (SSSR count). The third-order valence-corrected chi connectivity index (χ3v) is 4.45. The first kappa shape index (κ1) is 12.1. The summed E-state index contributed by atoms with van der Waals surface area (Å²) < 4.78 is 0.864. The minimum absolute atomic E-state index is 0.864. The molecule has 0 unspecified atom stereocenters. The Kier molecular flexibility index (Phi) is 5.78. The number of thiocarbonyl (C=S) groups is 1. The normalized spacial score (nSPS) is 9.33. The van der Waals surface area contributed by atoms with Crippen LogP contribution in [0.1, 0.15) is 0 Å². The lowest BCUT2D eigenvalue weighted by Gasteiger charge is -2.16. The third-order valence-electron chi connectivity index (χ3n) is 1.07. The fourth-order valence-corrected chi connectivity index (χ4v) is 2.40. The molecule has 0 bridgehead atoms. The number of hydrogen-bond acceptors (Lipinski definition) is 4. The number of rotatable bonds is 3. The second-order valence-corrected chi connectivity index (χ2v) is 5.45. The van der Waals surface area contributed by atoms with Crippen LogP contribution < -0.4 is 0 Å². The first-order valence-electron chi connectivity index (χ1n) is 3.37. The predicted octanol–water partition coefficient (Wildman–Crippen LogP) is 2.25. The SMILES string of the molecule is C=C(SSC(=S)N(C)C)N(C)C. The van der Waals surface area contributed by atoms with Crippen molar-refractivity contribution in [1.29, 1.82) is 0 Å². The molecular formula is C7H14N2S3. The minimum atomic E-state index is 0.864. The maximum atomic E-state index is 5.09. The highest BCUT2D eigenvalue weighted by atomic mass is 33.1. The van der Waals surface area contributed by atoms with E-state index in [1.54, 1.807) is 21.6 Å². The summed E-state index contributed by atoms with van der Waals surface area (Å²) in [4.78, 5) is 3.88. The Morgan fingerprint density at radius 1 is 1.08 bits per heavy atom. The quantitative estimate of drug-likeness (QED) is 0.532. The van der Waals surface area contributed by atoms with Crippen LogP contribution in [0.3, 0.4) is 0 Å². The second-order valence-electron chi connectivity index (χ2n) is 2.62. The molecule has 12 heavy (non-hydrogen) atoms. The van der Waals surface area contributed by atoms with Crippen LogP contribution in [0.25, 0.3) is 0 Å². The second kappa shape index (κ2) is 5.72. The smallest absolute Gasteiger partial charge is 0.146 e. The molecule has 0 aromatic heterocycles. The fraction of sp³-hybridized carbons (Fsp3) is 0.571. The van der Waals surface area contributed by atoms with Crippen molar-refractivity contribution in [2.45, 2.75) is 0 Å². The van der Waals surface area contributed by atoms with E-state index in [0.717, 1.165) is 9.35 Å². The van der Waals surface area contributed by atoms with E-state index in [9.17, 15) is 0 Å². The van der Waals surface area contributed by atoms with Gasteiger partial charge in [0.25, 0.3) is 0 Å². The van der Waals surface area contributed by atoms with Crippen molar-refractivity contribution in [2.75, 3.05) is 28.2 Å². The van der Waals surface area contributed by atoms with Gasteiger partial charge in [0.15, 0.2) is 0 Å². The van der Waals surface area contributed by atoms with Gasteiger partial charge in [0.05, 0.1) is 5.03 Å². The van der Waals surface area contributed by atoms with Gasteiger partial charge in [-0.3, -0.25) is 0 Å². The van der Waals surface area contributed by atoms with Gasteiger partial charge in [-0.05, 0) is 21.6 Å². The summed E-state index contributed by atoms with van der Waals surface area (Å²) in [7, 11) is 11.0. The average Bonchev–Trinajstić information content (AvgIpc) is 1.98. The zero-order chi connectivity index (χ0) is 9.72. The molecule has 0 atom stereocenters. The van der Waals surface area contributed by atoms with E-state index in [0.29, 0.717) is 0 Å². The van der Waals surface area contributed by atoms with Crippen molar-refractivity contribution in [3.05, 3.63) is 11.6 Å². The zero-order valence-corrected chi connectivity index (χ0v) is 10.3.